The van der Waals surface area contributed by atoms with Crippen molar-refractivity contribution in [2.75, 3.05) is 0 Å². The number of nitriles is 2. The smallest absolute Gasteiger partial charge is 0.537 e. The second-order valence-electron chi connectivity index (χ2n) is 11.3. The minimum Gasteiger partial charge on any atom is -0.537 e. The Morgan fingerprint density at radius 3 is 1.24 bits per heavy atom. The Balaban J connectivity index is 0.000000172. The zero-order valence-electron chi connectivity index (χ0n) is 35.7. The molecule has 58 heavy (non-hydrogen) atoms. The largest absolute Gasteiger partial charge is 0.569 e. The van der Waals surface area contributed by atoms with E-state index < -0.39 is 64.8 Å². The van der Waals surface area contributed by atoms with Crippen LogP contribution in [0.3, 0.4) is 0 Å². The molecule has 8 rings (SSSR count). The van der Waals surface area contributed by atoms with E-state index in [1.54, 1.807) is 30.3 Å². The molecular formula is C44H27BClF2N8O2. The van der Waals surface area contributed by atoms with Gasteiger partial charge in [0.05, 0.1) is 19.4 Å². The first-order chi connectivity index (χ1) is 30.9. The molecule has 10 nitrogen and oxygen atoms in total. The van der Waals surface area contributed by atoms with E-state index in [0.29, 0.717) is 34.4 Å². The normalized spacial score (nSPS) is 11.5. The lowest BCUT2D eigenvalue weighted by Crippen LogP contribution is -2.00. The predicted molar refractivity (Wildman–Crippen MR) is 216 cm³/mol. The number of rotatable bonds is 7. The molecule has 0 unspecified atom stereocenters. The molecule has 2 heterocycles. The van der Waals surface area contributed by atoms with Crippen molar-refractivity contribution in [3.05, 3.63) is 186 Å². The first kappa shape index (κ1) is 32.5. The van der Waals surface area contributed by atoms with Crippen LogP contribution >= 0.6 is 11.6 Å². The van der Waals surface area contributed by atoms with Crippen LogP contribution in [0.25, 0.3) is 56.9 Å². The van der Waals surface area contributed by atoms with E-state index in [2.05, 4.69) is 34.6 Å². The second kappa shape index (κ2) is 19.8. The fourth-order valence-corrected chi connectivity index (χ4v) is 5.01. The average Bonchev–Trinajstić information content (AvgIpc) is 3.33. The van der Waals surface area contributed by atoms with Crippen LogP contribution < -0.4 is 4.65 Å². The highest BCUT2D eigenvalue weighted by Gasteiger charge is 2.14. The van der Waals surface area contributed by atoms with Crippen LogP contribution in [0, 0.1) is 34.3 Å². The Labute approximate surface area is 346 Å². The SMILES string of the molecule is Clc1nc(-c2ccccc2)nc(-c2ccccc2)n1.[2H]c1c([2H])c(-c2nc(-c3ccccc3)nc(-c3ccccc3)n2)c([2H])c(C#N)c1F.[2H]c1c([2H])c(O[B]O)c([2H])c(C#N)c1F. The van der Waals surface area contributed by atoms with Gasteiger partial charge in [0.1, 0.15) is 29.5 Å². The molecule has 0 fully saturated rings. The minimum atomic E-state index is -1.24. The topological polar surface area (TPSA) is 154 Å². The van der Waals surface area contributed by atoms with Crippen molar-refractivity contribution in [2.24, 2.45) is 0 Å². The highest BCUT2D eigenvalue weighted by atomic mass is 35.5. The van der Waals surface area contributed by atoms with Gasteiger partial charge in [-0.3, -0.25) is 0 Å². The molecule has 8 aromatic rings. The number of aromatic nitrogens is 6. The maximum Gasteiger partial charge on any atom is 0.569 e. The Kier molecular flexibility index (Phi) is 11.1. The molecule has 0 saturated carbocycles. The van der Waals surface area contributed by atoms with Gasteiger partial charge in [-0.1, -0.05) is 121 Å². The fourth-order valence-electron chi connectivity index (χ4n) is 4.85. The van der Waals surface area contributed by atoms with Gasteiger partial charge in [0.2, 0.25) is 5.28 Å². The third-order valence-electron chi connectivity index (χ3n) is 7.50. The summed E-state index contributed by atoms with van der Waals surface area (Å²) in [5, 5.41) is 26.3. The molecule has 1 N–H and O–H groups in total. The van der Waals surface area contributed by atoms with Crippen LogP contribution in [0.15, 0.2) is 158 Å². The summed E-state index contributed by atoms with van der Waals surface area (Å²) < 4.78 is 77.7. The number of halogens is 3. The van der Waals surface area contributed by atoms with Crippen LogP contribution in [-0.2, 0) is 0 Å². The summed E-state index contributed by atoms with van der Waals surface area (Å²) in [6, 6.07) is 36.5. The van der Waals surface area contributed by atoms with Gasteiger partial charge in [0.25, 0.3) is 0 Å². The molecule has 0 atom stereocenters. The van der Waals surface area contributed by atoms with E-state index in [1.807, 2.05) is 97.1 Å². The van der Waals surface area contributed by atoms with Crippen molar-refractivity contribution >= 4 is 19.3 Å². The van der Waals surface area contributed by atoms with Gasteiger partial charge < -0.3 is 9.68 Å². The number of hydrogen-bond acceptors (Lipinski definition) is 10. The Morgan fingerprint density at radius 2 is 0.862 bits per heavy atom. The molecule has 279 valence electrons. The van der Waals surface area contributed by atoms with E-state index in [4.69, 9.17) is 30.1 Å². The van der Waals surface area contributed by atoms with Crippen molar-refractivity contribution in [1.82, 2.24) is 29.9 Å². The minimum absolute atomic E-state index is 0.0669. The molecule has 1 radical (unpaired) electrons. The molecule has 14 heteroatoms. The molecule has 0 saturated heterocycles. The Hall–Kier alpha value is -7.71. The summed E-state index contributed by atoms with van der Waals surface area (Å²) in [4.78, 5) is 26.1. The second-order valence-corrected chi connectivity index (χ2v) is 11.6. The van der Waals surface area contributed by atoms with Gasteiger partial charge in [0, 0.05) is 27.8 Å². The van der Waals surface area contributed by atoms with E-state index in [-0.39, 0.29) is 24.4 Å². The maximum absolute atomic E-state index is 14.2. The van der Waals surface area contributed by atoms with Crippen LogP contribution in [0.4, 0.5) is 8.78 Å². The lowest BCUT2D eigenvalue weighted by Gasteiger charge is -2.08. The molecule has 0 spiro atoms. The lowest BCUT2D eigenvalue weighted by molar-refractivity contribution is 0.452. The van der Waals surface area contributed by atoms with Crippen molar-refractivity contribution in [3.63, 3.8) is 0 Å². The summed E-state index contributed by atoms with van der Waals surface area (Å²) in [5.74, 6) is -1.27. The van der Waals surface area contributed by atoms with Gasteiger partial charge in [-0.15, -0.1) is 0 Å². The Morgan fingerprint density at radius 1 is 0.517 bits per heavy atom. The molecule has 0 bridgehead atoms. The summed E-state index contributed by atoms with van der Waals surface area (Å²) in [6.45, 7) is 0. The van der Waals surface area contributed by atoms with E-state index in [9.17, 15) is 14.0 Å². The van der Waals surface area contributed by atoms with Crippen molar-refractivity contribution < 1.29 is 26.7 Å². The average molecular weight is 790 g/mol. The van der Waals surface area contributed by atoms with Gasteiger partial charge in [-0.25, -0.2) is 28.7 Å². The van der Waals surface area contributed by atoms with Crippen LogP contribution in [0.2, 0.25) is 5.28 Å². The molecular weight excluding hydrogens is 757 g/mol. The monoisotopic (exact) mass is 789 g/mol. The fraction of sp³-hybridized carbons (Fsp3) is 0. The van der Waals surface area contributed by atoms with Crippen molar-refractivity contribution in [1.29, 1.82) is 10.5 Å². The van der Waals surface area contributed by atoms with Gasteiger partial charge in [-0.2, -0.15) is 20.5 Å². The predicted octanol–water partition coefficient (Wildman–Crippen LogP) is 9.35. The first-order valence-corrected chi connectivity index (χ1v) is 17.2. The third-order valence-corrected chi connectivity index (χ3v) is 7.67. The van der Waals surface area contributed by atoms with Crippen LogP contribution in [-0.4, -0.2) is 42.6 Å². The summed E-state index contributed by atoms with van der Waals surface area (Å²) >= 11 is 5.99. The zero-order chi connectivity index (χ0) is 45.9. The summed E-state index contributed by atoms with van der Waals surface area (Å²) in [6.07, 6.45) is 0. The van der Waals surface area contributed by atoms with Crippen LogP contribution in [0.5, 0.6) is 5.75 Å². The van der Waals surface area contributed by atoms with Gasteiger partial charge in [0.15, 0.2) is 29.1 Å². The van der Waals surface area contributed by atoms with E-state index >= 15 is 0 Å². The van der Waals surface area contributed by atoms with Crippen molar-refractivity contribution in [3.8, 4) is 74.8 Å². The maximum atomic E-state index is 14.2. The number of benzene rings is 6. The van der Waals surface area contributed by atoms with E-state index in [1.165, 1.54) is 6.07 Å². The molecule has 6 aromatic carbocycles. The summed E-state index contributed by atoms with van der Waals surface area (Å²) in [5.41, 5.74) is 1.72. The highest BCUT2D eigenvalue weighted by molar-refractivity contribution is 6.28. The third kappa shape index (κ3) is 10.5. The highest BCUT2D eigenvalue weighted by Crippen LogP contribution is 2.26. The lowest BCUT2D eigenvalue weighted by atomic mass is 10.1. The standard InChI is InChI=1S/C22H13FN4.C15H10ClN3.C7H4BFNO2/c23-19-12-11-17(13-18(19)14-24)22-26-20(15-7-3-1-4-8-15)25-21(27-22)16-9-5-2-6-10-16;16-15-18-13(11-7-3-1-4-8-11)17-14(19-15)12-9-5-2-6-10-12;9-7-2-1-6(12-8-11)3-5(7)4-10/h1-13H;1-10H;1-3,11H/i11D,12D,13D;;1D,2D,3D. The van der Waals surface area contributed by atoms with Gasteiger partial charge in [-0.05, 0) is 47.9 Å². The van der Waals surface area contributed by atoms with Gasteiger partial charge >= 0.3 is 7.69 Å². The summed E-state index contributed by atoms with van der Waals surface area (Å²) in [7, 11) is 0.198. The number of nitrogens with zero attached hydrogens (tertiary/aromatic N) is 8. The molecule has 0 amide bonds. The molecule has 0 aliphatic carbocycles. The molecule has 0 aliphatic heterocycles. The Bertz CT molecular complexity index is 2940. The van der Waals surface area contributed by atoms with Crippen LogP contribution in [0.1, 0.15) is 19.4 Å². The molecule has 2 aromatic heterocycles. The molecule has 0 aliphatic rings. The quantitative estimate of drug-likeness (QED) is 0.155. The van der Waals surface area contributed by atoms with E-state index in [0.717, 1.165) is 11.1 Å². The number of hydrogen-bond donors (Lipinski definition) is 1. The first-order valence-electron chi connectivity index (χ1n) is 19.8. The zero-order valence-corrected chi connectivity index (χ0v) is 30.4. The van der Waals surface area contributed by atoms with Crippen molar-refractivity contribution in [2.45, 2.75) is 0 Å².